The second-order valence-electron chi connectivity index (χ2n) is 7.01. The highest BCUT2D eigenvalue weighted by Gasteiger charge is 2.09. The maximum atomic E-state index is 12.4. The number of hydrogen-bond acceptors (Lipinski definition) is 5. The lowest BCUT2D eigenvalue weighted by molar-refractivity contribution is 0.0949. The van der Waals surface area contributed by atoms with E-state index in [1.807, 2.05) is 31.2 Å². The van der Waals surface area contributed by atoms with Gasteiger partial charge < -0.3 is 20.1 Å². The molecule has 0 heterocycles. The van der Waals surface area contributed by atoms with Crippen molar-refractivity contribution in [3.05, 3.63) is 95.1 Å². The minimum absolute atomic E-state index is 0.141. The molecule has 32 heavy (non-hydrogen) atoms. The molecule has 3 rings (SSSR count). The first-order valence-corrected chi connectivity index (χ1v) is 10.1. The Hall–Kier alpha value is -4.13. The summed E-state index contributed by atoms with van der Waals surface area (Å²) >= 11 is 0. The van der Waals surface area contributed by atoms with Crippen LogP contribution < -0.4 is 15.4 Å². The Morgan fingerprint density at radius 1 is 0.781 bits per heavy atom. The minimum atomic E-state index is -0.792. The summed E-state index contributed by atoms with van der Waals surface area (Å²) in [5, 5.41) is 5.68. The summed E-state index contributed by atoms with van der Waals surface area (Å²) in [7, 11) is 0. The van der Waals surface area contributed by atoms with Gasteiger partial charge in [-0.15, -0.1) is 0 Å². The fourth-order valence-corrected chi connectivity index (χ4v) is 2.82. The summed E-state index contributed by atoms with van der Waals surface area (Å²) in [6.07, 6.45) is -0.792. The number of nitrogens with one attached hydrogen (secondary N) is 2. The highest BCUT2D eigenvalue weighted by Crippen LogP contribution is 2.16. The molecule has 0 bridgehead atoms. The van der Waals surface area contributed by atoms with Gasteiger partial charge in [-0.3, -0.25) is 9.59 Å². The number of hydrogen-bond donors (Lipinski definition) is 2. The first-order chi connectivity index (χ1) is 15.4. The maximum Gasteiger partial charge on any atom is 0.513 e. The van der Waals surface area contributed by atoms with Crippen LogP contribution in [0.25, 0.3) is 0 Å². The minimum Gasteiger partial charge on any atom is -0.434 e. The van der Waals surface area contributed by atoms with E-state index in [1.54, 1.807) is 43.3 Å². The molecule has 0 aliphatic heterocycles. The highest BCUT2D eigenvalue weighted by molar-refractivity contribution is 6.04. The maximum absolute atomic E-state index is 12.4. The second-order valence-corrected chi connectivity index (χ2v) is 7.01. The lowest BCUT2D eigenvalue weighted by Gasteiger charge is -2.09. The van der Waals surface area contributed by atoms with Crippen LogP contribution in [0.1, 0.15) is 38.8 Å². The van der Waals surface area contributed by atoms with E-state index >= 15 is 0 Å². The van der Waals surface area contributed by atoms with E-state index in [1.165, 1.54) is 12.1 Å². The van der Waals surface area contributed by atoms with Crippen LogP contribution in [-0.2, 0) is 11.3 Å². The molecule has 2 amide bonds. The number of carbonyl (C=O) groups excluding carboxylic acids is 3. The molecule has 0 unspecified atom stereocenters. The lowest BCUT2D eigenvalue weighted by Crippen LogP contribution is -2.22. The normalized spacial score (nSPS) is 10.2. The van der Waals surface area contributed by atoms with Crippen molar-refractivity contribution in [2.75, 3.05) is 11.9 Å². The van der Waals surface area contributed by atoms with Crippen LogP contribution in [-0.4, -0.2) is 24.6 Å². The molecule has 3 aromatic carbocycles. The van der Waals surface area contributed by atoms with Crippen molar-refractivity contribution in [1.82, 2.24) is 5.32 Å². The smallest absolute Gasteiger partial charge is 0.434 e. The zero-order valence-corrected chi connectivity index (χ0v) is 17.9. The van der Waals surface area contributed by atoms with Crippen molar-refractivity contribution < 1.29 is 23.9 Å². The topological polar surface area (TPSA) is 93.7 Å². The molecule has 0 fully saturated rings. The van der Waals surface area contributed by atoms with Gasteiger partial charge in [0, 0.05) is 23.4 Å². The Labute approximate surface area is 186 Å². The van der Waals surface area contributed by atoms with E-state index in [4.69, 9.17) is 9.47 Å². The predicted molar refractivity (Wildman–Crippen MR) is 121 cm³/mol. The first kappa shape index (κ1) is 22.6. The molecule has 164 valence electrons. The molecule has 0 saturated heterocycles. The van der Waals surface area contributed by atoms with Gasteiger partial charge in [-0.05, 0) is 67.9 Å². The van der Waals surface area contributed by atoms with Crippen LogP contribution in [0.5, 0.6) is 5.75 Å². The van der Waals surface area contributed by atoms with E-state index in [-0.39, 0.29) is 24.2 Å². The zero-order chi connectivity index (χ0) is 22.9. The second kappa shape index (κ2) is 10.8. The molecule has 0 saturated carbocycles. The molecule has 7 nitrogen and oxygen atoms in total. The third-order valence-electron chi connectivity index (χ3n) is 4.56. The van der Waals surface area contributed by atoms with Crippen molar-refractivity contribution in [2.24, 2.45) is 0 Å². The molecule has 2 N–H and O–H groups in total. The Bertz CT molecular complexity index is 1070. The fraction of sp³-hybridized carbons (Fsp3) is 0.160. The summed E-state index contributed by atoms with van der Waals surface area (Å²) in [6.45, 7) is 4.25. The van der Waals surface area contributed by atoms with E-state index in [2.05, 4.69) is 10.6 Å². The lowest BCUT2D eigenvalue weighted by atomic mass is 10.1. The van der Waals surface area contributed by atoms with Gasteiger partial charge in [-0.1, -0.05) is 29.8 Å². The van der Waals surface area contributed by atoms with Gasteiger partial charge in [-0.25, -0.2) is 4.79 Å². The number of ether oxygens (including phenoxy) is 2. The van der Waals surface area contributed by atoms with Crippen molar-refractivity contribution in [1.29, 1.82) is 0 Å². The molecule has 0 atom stereocenters. The third-order valence-corrected chi connectivity index (χ3v) is 4.56. The van der Waals surface area contributed by atoms with E-state index in [0.29, 0.717) is 23.4 Å². The monoisotopic (exact) mass is 432 g/mol. The van der Waals surface area contributed by atoms with Crippen molar-refractivity contribution in [3.8, 4) is 5.75 Å². The SMILES string of the molecule is CCOC(=O)Oc1ccc(C(=O)Nc2ccc(CNC(=O)c3ccc(C)cc3)cc2)cc1. The van der Waals surface area contributed by atoms with Crippen LogP contribution in [0.4, 0.5) is 10.5 Å². The molecule has 7 heteroatoms. The number of rotatable bonds is 7. The van der Waals surface area contributed by atoms with Crippen LogP contribution in [0.2, 0.25) is 0 Å². The van der Waals surface area contributed by atoms with Gasteiger partial charge in [0.25, 0.3) is 11.8 Å². The summed E-state index contributed by atoms with van der Waals surface area (Å²) in [6, 6.07) is 20.7. The van der Waals surface area contributed by atoms with Crippen molar-refractivity contribution >= 4 is 23.7 Å². The number of carbonyl (C=O) groups is 3. The largest absolute Gasteiger partial charge is 0.513 e. The van der Waals surface area contributed by atoms with Gasteiger partial charge in [0.2, 0.25) is 0 Å². The Balaban J connectivity index is 1.51. The Morgan fingerprint density at radius 3 is 2.00 bits per heavy atom. The first-order valence-electron chi connectivity index (χ1n) is 10.1. The molecule has 0 aliphatic rings. The summed E-state index contributed by atoms with van der Waals surface area (Å²) < 4.78 is 9.68. The quantitative estimate of drug-likeness (QED) is 0.416. The highest BCUT2D eigenvalue weighted by atomic mass is 16.7. The number of amides is 2. The number of benzene rings is 3. The van der Waals surface area contributed by atoms with Crippen LogP contribution in [0.15, 0.2) is 72.8 Å². The third kappa shape index (κ3) is 6.43. The summed E-state index contributed by atoms with van der Waals surface area (Å²) in [5.41, 5.74) is 3.65. The predicted octanol–water partition coefficient (Wildman–Crippen LogP) is 4.71. The molecular formula is C25H24N2O5. The van der Waals surface area contributed by atoms with Gasteiger partial charge in [0.15, 0.2) is 0 Å². The number of anilines is 1. The zero-order valence-electron chi connectivity index (χ0n) is 17.9. The Morgan fingerprint density at radius 2 is 1.38 bits per heavy atom. The summed E-state index contributed by atoms with van der Waals surface area (Å²) in [4.78, 5) is 36.0. The van der Waals surface area contributed by atoms with Crippen LogP contribution >= 0.6 is 0 Å². The molecule has 0 spiro atoms. The van der Waals surface area contributed by atoms with Gasteiger partial charge >= 0.3 is 6.16 Å². The van der Waals surface area contributed by atoms with E-state index < -0.39 is 6.16 Å². The molecule has 0 aromatic heterocycles. The van der Waals surface area contributed by atoms with Gasteiger partial charge in [-0.2, -0.15) is 0 Å². The van der Waals surface area contributed by atoms with Crippen LogP contribution in [0.3, 0.4) is 0 Å². The average molecular weight is 432 g/mol. The summed E-state index contributed by atoms with van der Waals surface area (Å²) in [5.74, 6) is -0.150. The van der Waals surface area contributed by atoms with Crippen molar-refractivity contribution in [3.63, 3.8) is 0 Å². The fourth-order valence-electron chi connectivity index (χ4n) is 2.82. The Kier molecular flexibility index (Phi) is 7.59. The number of aryl methyl sites for hydroxylation is 1. The van der Waals surface area contributed by atoms with Gasteiger partial charge in [0.1, 0.15) is 5.75 Å². The van der Waals surface area contributed by atoms with E-state index in [0.717, 1.165) is 11.1 Å². The average Bonchev–Trinajstić information content (AvgIpc) is 2.79. The standard InChI is InChI=1S/C25H24N2O5/c1-3-31-25(30)32-22-14-10-20(11-15-22)24(29)27-21-12-6-18(7-13-21)16-26-23(28)19-8-4-17(2)5-9-19/h4-15H,3,16H2,1-2H3,(H,26,28)(H,27,29). The van der Waals surface area contributed by atoms with Crippen LogP contribution in [0, 0.1) is 6.92 Å². The van der Waals surface area contributed by atoms with Crippen molar-refractivity contribution in [2.45, 2.75) is 20.4 Å². The van der Waals surface area contributed by atoms with E-state index in [9.17, 15) is 14.4 Å². The molecule has 0 radical (unpaired) electrons. The van der Waals surface area contributed by atoms with Gasteiger partial charge in [0.05, 0.1) is 6.61 Å². The molecule has 0 aliphatic carbocycles. The molecule has 3 aromatic rings. The molecular weight excluding hydrogens is 408 g/mol.